The summed E-state index contributed by atoms with van der Waals surface area (Å²) < 4.78 is 4.25. The fraction of sp³-hybridized carbons (Fsp3) is 0.391. The van der Waals surface area contributed by atoms with Crippen molar-refractivity contribution in [2.45, 2.75) is 36.7 Å². The number of piperidine rings is 1. The number of nitrogens with two attached hydrogens (primary N) is 1. The number of fused-ring (bicyclic) bond motifs is 1. The van der Waals surface area contributed by atoms with Crippen LogP contribution in [0.4, 0.5) is 11.9 Å². The molecule has 0 amide bonds. The highest BCUT2D eigenvalue weighted by atomic mass is 35.5. The van der Waals surface area contributed by atoms with Crippen LogP contribution in [0.1, 0.15) is 30.7 Å². The molecule has 1 aliphatic rings. The molecule has 1 saturated heterocycles. The van der Waals surface area contributed by atoms with Gasteiger partial charge in [-0.3, -0.25) is 13.9 Å². The van der Waals surface area contributed by atoms with E-state index in [1.54, 1.807) is 17.7 Å². The molecule has 1 aliphatic heterocycles. The lowest BCUT2D eigenvalue weighted by molar-refractivity contribution is 0.567. The Balaban J connectivity index is 1.54. The molecule has 1 aromatic carbocycles. The van der Waals surface area contributed by atoms with Crippen molar-refractivity contribution in [3.05, 3.63) is 61.5 Å². The standard InChI is InChI=1S/C23H26ClN9O2S/c1-30-18-17(19(34)31(2)23(30)35)33(12-14-8-4-5-9-15(14)24)22(28-18)36-13-16-26-20(25)29-21(27-16)32-10-6-3-7-11-32/h4-5,8-9H,3,6-7,10-13H2,1-2H3,(H2,25,26,27,29). The molecule has 188 valence electrons. The van der Waals surface area contributed by atoms with Crippen LogP contribution >= 0.6 is 23.4 Å². The fourth-order valence-electron chi connectivity index (χ4n) is 4.33. The molecule has 0 spiro atoms. The van der Waals surface area contributed by atoms with E-state index in [9.17, 15) is 9.59 Å². The third-order valence-corrected chi connectivity index (χ3v) is 7.60. The van der Waals surface area contributed by atoms with Crippen molar-refractivity contribution >= 4 is 46.4 Å². The maximum absolute atomic E-state index is 13.1. The average Bonchev–Trinajstić information content (AvgIpc) is 3.24. The van der Waals surface area contributed by atoms with Crippen LogP contribution in [-0.4, -0.2) is 46.7 Å². The topological polar surface area (TPSA) is 130 Å². The van der Waals surface area contributed by atoms with Crippen molar-refractivity contribution < 1.29 is 0 Å². The molecular formula is C23H26ClN9O2S. The van der Waals surface area contributed by atoms with Crippen molar-refractivity contribution in [3.63, 3.8) is 0 Å². The summed E-state index contributed by atoms with van der Waals surface area (Å²) in [5.41, 5.74) is 6.60. The monoisotopic (exact) mass is 527 g/mol. The molecule has 0 bridgehead atoms. The Labute approximate surface area is 216 Å². The number of benzene rings is 1. The van der Waals surface area contributed by atoms with Crippen molar-refractivity contribution in [2.24, 2.45) is 14.1 Å². The summed E-state index contributed by atoms with van der Waals surface area (Å²) in [7, 11) is 3.06. The summed E-state index contributed by atoms with van der Waals surface area (Å²) in [4.78, 5) is 45.8. The summed E-state index contributed by atoms with van der Waals surface area (Å²) >= 11 is 7.79. The lowest BCUT2D eigenvalue weighted by Gasteiger charge is -2.26. The van der Waals surface area contributed by atoms with E-state index < -0.39 is 11.2 Å². The minimum atomic E-state index is -0.442. The van der Waals surface area contributed by atoms with Crippen LogP contribution in [0.15, 0.2) is 39.0 Å². The third-order valence-electron chi connectivity index (χ3n) is 6.26. The second-order valence-electron chi connectivity index (χ2n) is 8.70. The molecule has 1 fully saturated rings. The predicted octanol–water partition coefficient (Wildman–Crippen LogP) is 2.19. The van der Waals surface area contributed by atoms with Gasteiger partial charge in [0, 0.05) is 32.2 Å². The predicted molar refractivity (Wildman–Crippen MR) is 141 cm³/mol. The van der Waals surface area contributed by atoms with Crippen LogP contribution in [0.2, 0.25) is 5.02 Å². The first-order valence-electron chi connectivity index (χ1n) is 11.6. The van der Waals surface area contributed by atoms with Crippen LogP contribution in [-0.2, 0) is 26.4 Å². The Morgan fingerprint density at radius 2 is 1.75 bits per heavy atom. The molecule has 5 rings (SSSR count). The molecule has 2 N–H and O–H groups in total. The van der Waals surface area contributed by atoms with E-state index in [0.29, 0.717) is 45.4 Å². The molecule has 4 aromatic rings. The van der Waals surface area contributed by atoms with Crippen LogP contribution in [0.25, 0.3) is 11.2 Å². The Morgan fingerprint density at radius 3 is 2.50 bits per heavy atom. The average molecular weight is 528 g/mol. The number of thioether (sulfide) groups is 1. The first kappa shape index (κ1) is 24.3. The maximum atomic E-state index is 13.1. The van der Waals surface area contributed by atoms with Gasteiger partial charge in [0.2, 0.25) is 11.9 Å². The van der Waals surface area contributed by atoms with E-state index in [2.05, 4.69) is 24.8 Å². The number of aryl methyl sites for hydroxylation is 1. The van der Waals surface area contributed by atoms with Gasteiger partial charge in [0.1, 0.15) is 5.82 Å². The minimum absolute atomic E-state index is 0.169. The van der Waals surface area contributed by atoms with Crippen molar-refractivity contribution in [1.29, 1.82) is 0 Å². The van der Waals surface area contributed by atoms with Gasteiger partial charge >= 0.3 is 5.69 Å². The Kier molecular flexibility index (Phi) is 6.71. The molecule has 0 saturated carbocycles. The van der Waals surface area contributed by atoms with Gasteiger partial charge in [-0.1, -0.05) is 41.6 Å². The number of halogens is 1. The molecule has 4 heterocycles. The highest BCUT2D eigenvalue weighted by Gasteiger charge is 2.21. The minimum Gasteiger partial charge on any atom is -0.368 e. The van der Waals surface area contributed by atoms with Crippen molar-refractivity contribution in [3.8, 4) is 0 Å². The first-order chi connectivity index (χ1) is 17.3. The molecular weight excluding hydrogens is 502 g/mol. The fourth-order valence-corrected chi connectivity index (χ4v) is 5.38. The largest absolute Gasteiger partial charge is 0.368 e. The van der Waals surface area contributed by atoms with E-state index in [0.717, 1.165) is 36.1 Å². The molecule has 0 unspecified atom stereocenters. The molecule has 0 aliphatic carbocycles. The highest BCUT2D eigenvalue weighted by Crippen LogP contribution is 2.27. The van der Waals surface area contributed by atoms with E-state index in [-0.39, 0.29) is 5.95 Å². The zero-order chi connectivity index (χ0) is 25.4. The van der Waals surface area contributed by atoms with Gasteiger partial charge in [0.15, 0.2) is 16.3 Å². The molecule has 0 radical (unpaired) electrons. The maximum Gasteiger partial charge on any atom is 0.332 e. The number of hydrogen-bond donors (Lipinski definition) is 1. The van der Waals surface area contributed by atoms with Crippen LogP contribution < -0.4 is 21.9 Å². The Bertz CT molecular complexity index is 1560. The summed E-state index contributed by atoms with van der Waals surface area (Å²) in [6.07, 6.45) is 3.38. The third kappa shape index (κ3) is 4.58. The highest BCUT2D eigenvalue weighted by molar-refractivity contribution is 7.98. The normalized spacial score (nSPS) is 14.0. The summed E-state index contributed by atoms with van der Waals surface area (Å²) in [5.74, 6) is 1.63. The van der Waals surface area contributed by atoms with Gasteiger partial charge in [0.25, 0.3) is 5.56 Å². The Hall–Kier alpha value is -3.38. The van der Waals surface area contributed by atoms with Gasteiger partial charge in [-0.05, 0) is 30.9 Å². The first-order valence-corrected chi connectivity index (χ1v) is 13.0. The number of hydrogen-bond acceptors (Lipinski definition) is 9. The molecule has 3 aromatic heterocycles. The lowest BCUT2D eigenvalue weighted by atomic mass is 10.1. The summed E-state index contributed by atoms with van der Waals surface area (Å²) in [5, 5.41) is 1.12. The molecule has 13 heteroatoms. The molecule has 36 heavy (non-hydrogen) atoms. The van der Waals surface area contributed by atoms with Crippen LogP contribution in [0.5, 0.6) is 0 Å². The van der Waals surface area contributed by atoms with Crippen molar-refractivity contribution in [1.82, 2.24) is 33.6 Å². The zero-order valence-electron chi connectivity index (χ0n) is 20.0. The van der Waals surface area contributed by atoms with Gasteiger partial charge in [-0.25, -0.2) is 9.78 Å². The summed E-state index contributed by atoms with van der Waals surface area (Å²) in [6.45, 7) is 2.09. The van der Waals surface area contributed by atoms with Gasteiger partial charge in [0.05, 0.1) is 12.3 Å². The second-order valence-corrected chi connectivity index (χ2v) is 10.0. The van der Waals surface area contributed by atoms with Gasteiger partial charge in [-0.2, -0.15) is 15.0 Å². The van der Waals surface area contributed by atoms with E-state index in [4.69, 9.17) is 17.3 Å². The van der Waals surface area contributed by atoms with Gasteiger partial charge < -0.3 is 15.2 Å². The zero-order valence-corrected chi connectivity index (χ0v) is 21.6. The van der Waals surface area contributed by atoms with Crippen LogP contribution in [0, 0.1) is 0 Å². The SMILES string of the molecule is Cn1c(=O)c2c(nc(SCc3nc(N)nc(N4CCCCC4)n3)n2Cc2ccccc2Cl)n(C)c1=O. The van der Waals surface area contributed by atoms with E-state index in [1.807, 2.05) is 18.2 Å². The smallest absolute Gasteiger partial charge is 0.332 e. The second kappa shape index (κ2) is 9.94. The van der Waals surface area contributed by atoms with Gasteiger partial charge in [-0.15, -0.1) is 0 Å². The molecule has 0 atom stereocenters. The van der Waals surface area contributed by atoms with E-state index in [1.165, 1.54) is 29.8 Å². The number of imidazole rings is 1. The number of rotatable bonds is 6. The molecule has 11 nitrogen and oxygen atoms in total. The number of anilines is 2. The van der Waals surface area contributed by atoms with Crippen LogP contribution in [0.3, 0.4) is 0 Å². The number of aromatic nitrogens is 7. The van der Waals surface area contributed by atoms with E-state index >= 15 is 0 Å². The van der Waals surface area contributed by atoms with Crippen molar-refractivity contribution in [2.75, 3.05) is 23.7 Å². The lowest BCUT2D eigenvalue weighted by Crippen LogP contribution is -2.37. The Morgan fingerprint density at radius 1 is 1.00 bits per heavy atom. The number of nitrogens with zero attached hydrogens (tertiary/aromatic N) is 8. The summed E-state index contributed by atoms with van der Waals surface area (Å²) in [6, 6.07) is 7.43. The quantitative estimate of drug-likeness (QED) is 0.375. The number of nitrogen functional groups attached to an aromatic ring is 1.